The fourth-order valence-corrected chi connectivity index (χ4v) is 1.91. The first-order valence-electron chi connectivity index (χ1n) is 7.76. The van der Waals surface area contributed by atoms with Crippen molar-refractivity contribution in [3.8, 4) is 0 Å². The SMILES string of the molecule is CN=C(NCCCCC(C)C)NCC(=O)Nc1cccnc1. The summed E-state index contributed by atoms with van der Waals surface area (Å²) in [7, 11) is 1.70. The molecule has 0 saturated heterocycles. The van der Waals surface area contributed by atoms with Crippen LogP contribution in [0.2, 0.25) is 0 Å². The summed E-state index contributed by atoms with van der Waals surface area (Å²) in [5.74, 6) is 1.26. The van der Waals surface area contributed by atoms with Gasteiger partial charge in [-0.2, -0.15) is 0 Å². The number of carbonyl (C=O) groups is 1. The molecule has 0 aliphatic rings. The molecule has 1 rings (SSSR count). The number of aliphatic imine (C=N–C) groups is 1. The Labute approximate surface area is 132 Å². The number of hydrogen-bond acceptors (Lipinski definition) is 3. The van der Waals surface area contributed by atoms with Crippen LogP contribution >= 0.6 is 0 Å². The van der Waals surface area contributed by atoms with E-state index in [9.17, 15) is 4.79 Å². The van der Waals surface area contributed by atoms with Crippen LogP contribution < -0.4 is 16.0 Å². The van der Waals surface area contributed by atoms with Gasteiger partial charge >= 0.3 is 0 Å². The molecule has 6 nitrogen and oxygen atoms in total. The second-order valence-electron chi connectivity index (χ2n) is 5.53. The van der Waals surface area contributed by atoms with Gasteiger partial charge in [-0.3, -0.25) is 14.8 Å². The quantitative estimate of drug-likeness (QED) is 0.390. The van der Waals surface area contributed by atoms with E-state index in [1.165, 1.54) is 12.8 Å². The molecular weight excluding hydrogens is 278 g/mol. The summed E-state index contributed by atoms with van der Waals surface area (Å²) in [6.07, 6.45) is 6.81. The van der Waals surface area contributed by atoms with E-state index < -0.39 is 0 Å². The summed E-state index contributed by atoms with van der Waals surface area (Å²) >= 11 is 0. The highest BCUT2D eigenvalue weighted by atomic mass is 16.1. The molecule has 0 aliphatic carbocycles. The highest BCUT2D eigenvalue weighted by molar-refractivity contribution is 5.94. The van der Waals surface area contributed by atoms with E-state index in [1.54, 1.807) is 31.6 Å². The number of rotatable bonds is 8. The average Bonchev–Trinajstić information content (AvgIpc) is 2.50. The van der Waals surface area contributed by atoms with Gasteiger partial charge in [0.05, 0.1) is 18.4 Å². The zero-order chi connectivity index (χ0) is 16.2. The second kappa shape index (κ2) is 10.6. The van der Waals surface area contributed by atoms with E-state index in [0.717, 1.165) is 18.9 Å². The molecule has 0 saturated carbocycles. The van der Waals surface area contributed by atoms with E-state index in [-0.39, 0.29) is 12.5 Å². The monoisotopic (exact) mass is 305 g/mol. The molecule has 3 N–H and O–H groups in total. The number of nitrogens with one attached hydrogen (secondary N) is 3. The zero-order valence-corrected chi connectivity index (χ0v) is 13.7. The molecule has 1 heterocycles. The second-order valence-corrected chi connectivity index (χ2v) is 5.53. The standard InChI is InChI=1S/C16H27N5O/c1-13(2)7-4-5-10-19-16(17-3)20-12-15(22)21-14-8-6-9-18-11-14/h6,8-9,11,13H,4-5,7,10,12H2,1-3H3,(H,21,22)(H2,17,19,20). The van der Waals surface area contributed by atoms with Crippen LogP contribution in [0.3, 0.4) is 0 Å². The van der Waals surface area contributed by atoms with Crippen LogP contribution in [0.4, 0.5) is 5.69 Å². The molecule has 1 aromatic rings. The molecule has 0 aliphatic heterocycles. The maximum atomic E-state index is 11.8. The predicted octanol–water partition coefficient (Wildman–Crippen LogP) is 2.01. The molecule has 122 valence electrons. The fourth-order valence-electron chi connectivity index (χ4n) is 1.91. The molecule has 0 fully saturated rings. The van der Waals surface area contributed by atoms with Gasteiger partial charge in [0.1, 0.15) is 0 Å². The summed E-state index contributed by atoms with van der Waals surface area (Å²) in [6, 6.07) is 3.58. The molecule has 0 aromatic carbocycles. The van der Waals surface area contributed by atoms with Gasteiger partial charge in [0.2, 0.25) is 5.91 Å². The molecule has 0 radical (unpaired) electrons. The van der Waals surface area contributed by atoms with Crippen molar-refractivity contribution in [2.24, 2.45) is 10.9 Å². The molecule has 0 unspecified atom stereocenters. The molecule has 6 heteroatoms. The van der Waals surface area contributed by atoms with Gasteiger partial charge in [0.25, 0.3) is 0 Å². The van der Waals surface area contributed by atoms with E-state index in [4.69, 9.17) is 0 Å². The third-order valence-electron chi connectivity index (χ3n) is 3.09. The van der Waals surface area contributed by atoms with Crippen LogP contribution in [-0.2, 0) is 4.79 Å². The fraction of sp³-hybridized carbons (Fsp3) is 0.562. The van der Waals surface area contributed by atoms with Crippen molar-refractivity contribution in [1.82, 2.24) is 15.6 Å². The predicted molar refractivity (Wildman–Crippen MR) is 90.9 cm³/mol. The minimum absolute atomic E-state index is 0.129. The summed E-state index contributed by atoms with van der Waals surface area (Å²) in [4.78, 5) is 19.8. The summed E-state index contributed by atoms with van der Waals surface area (Å²) < 4.78 is 0. The number of anilines is 1. The molecule has 1 amide bonds. The zero-order valence-electron chi connectivity index (χ0n) is 13.7. The minimum atomic E-state index is -0.129. The Hall–Kier alpha value is -2.11. The lowest BCUT2D eigenvalue weighted by Crippen LogP contribution is -2.41. The Kier molecular flexibility index (Phi) is 8.64. The van der Waals surface area contributed by atoms with Crippen molar-refractivity contribution >= 4 is 17.6 Å². The van der Waals surface area contributed by atoms with Crippen LogP contribution in [0.25, 0.3) is 0 Å². The molecule has 1 aromatic heterocycles. The highest BCUT2D eigenvalue weighted by Crippen LogP contribution is 2.05. The Morgan fingerprint density at radius 3 is 2.77 bits per heavy atom. The topological polar surface area (TPSA) is 78.4 Å². The highest BCUT2D eigenvalue weighted by Gasteiger charge is 2.04. The van der Waals surface area contributed by atoms with Crippen LogP contribution in [0.1, 0.15) is 33.1 Å². The lowest BCUT2D eigenvalue weighted by molar-refractivity contribution is -0.115. The summed E-state index contributed by atoms with van der Waals surface area (Å²) in [6.45, 7) is 5.49. The number of aromatic nitrogens is 1. The number of carbonyl (C=O) groups excluding carboxylic acids is 1. The number of hydrogen-bond donors (Lipinski definition) is 3. The average molecular weight is 305 g/mol. The van der Waals surface area contributed by atoms with E-state index in [0.29, 0.717) is 11.6 Å². The Morgan fingerprint density at radius 1 is 1.32 bits per heavy atom. The van der Waals surface area contributed by atoms with Crippen molar-refractivity contribution in [2.45, 2.75) is 33.1 Å². The van der Waals surface area contributed by atoms with Gasteiger partial charge in [-0.15, -0.1) is 0 Å². The first-order chi connectivity index (χ1) is 10.6. The Balaban J connectivity index is 2.19. The first-order valence-corrected chi connectivity index (χ1v) is 7.76. The number of guanidine groups is 1. The maximum absolute atomic E-state index is 11.8. The third-order valence-corrected chi connectivity index (χ3v) is 3.09. The molecule has 0 bridgehead atoms. The summed E-state index contributed by atoms with van der Waals surface area (Å²) in [5, 5.41) is 8.97. The van der Waals surface area contributed by atoms with Crippen molar-refractivity contribution in [1.29, 1.82) is 0 Å². The van der Waals surface area contributed by atoms with Crippen molar-refractivity contribution in [2.75, 3.05) is 25.5 Å². The van der Waals surface area contributed by atoms with Gasteiger partial charge in [-0.05, 0) is 24.5 Å². The maximum Gasteiger partial charge on any atom is 0.243 e. The molecular formula is C16H27N5O. The first kappa shape index (κ1) is 17.9. The molecule has 22 heavy (non-hydrogen) atoms. The number of amides is 1. The van der Waals surface area contributed by atoms with Gasteiger partial charge in [-0.25, -0.2) is 0 Å². The molecule has 0 atom stereocenters. The van der Waals surface area contributed by atoms with Crippen molar-refractivity contribution in [3.63, 3.8) is 0 Å². The van der Waals surface area contributed by atoms with Gasteiger partial charge in [0.15, 0.2) is 5.96 Å². The van der Waals surface area contributed by atoms with Crippen LogP contribution in [-0.4, -0.2) is 37.0 Å². The molecule has 0 spiro atoms. The van der Waals surface area contributed by atoms with Crippen molar-refractivity contribution < 1.29 is 4.79 Å². The van der Waals surface area contributed by atoms with Crippen molar-refractivity contribution in [3.05, 3.63) is 24.5 Å². The minimum Gasteiger partial charge on any atom is -0.356 e. The Morgan fingerprint density at radius 2 is 2.14 bits per heavy atom. The van der Waals surface area contributed by atoms with E-state index in [1.807, 2.05) is 0 Å². The number of nitrogens with zero attached hydrogens (tertiary/aromatic N) is 2. The van der Waals surface area contributed by atoms with Crippen LogP contribution in [0, 0.1) is 5.92 Å². The summed E-state index contributed by atoms with van der Waals surface area (Å²) in [5.41, 5.74) is 0.686. The Bertz CT molecular complexity index is 459. The van der Waals surface area contributed by atoms with Crippen LogP contribution in [0.15, 0.2) is 29.5 Å². The third kappa shape index (κ3) is 8.24. The van der Waals surface area contributed by atoms with E-state index >= 15 is 0 Å². The normalized spacial score (nSPS) is 11.4. The van der Waals surface area contributed by atoms with Gasteiger partial charge < -0.3 is 16.0 Å². The lowest BCUT2D eigenvalue weighted by Gasteiger charge is -2.12. The van der Waals surface area contributed by atoms with Gasteiger partial charge in [0, 0.05) is 19.8 Å². The van der Waals surface area contributed by atoms with Crippen LogP contribution in [0.5, 0.6) is 0 Å². The lowest BCUT2D eigenvalue weighted by atomic mass is 10.1. The largest absolute Gasteiger partial charge is 0.356 e. The number of pyridine rings is 1. The van der Waals surface area contributed by atoms with E-state index in [2.05, 4.69) is 39.8 Å². The number of unbranched alkanes of at least 4 members (excludes halogenated alkanes) is 1. The van der Waals surface area contributed by atoms with Gasteiger partial charge in [-0.1, -0.05) is 26.7 Å². The smallest absolute Gasteiger partial charge is 0.243 e.